The summed E-state index contributed by atoms with van der Waals surface area (Å²) in [6, 6.07) is 8.21. The fourth-order valence-corrected chi connectivity index (χ4v) is 1.28. The van der Waals surface area contributed by atoms with E-state index < -0.39 is 0 Å². The quantitative estimate of drug-likeness (QED) is 0.694. The van der Waals surface area contributed by atoms with Gasteiger partial charge in [-0.25, -0.2) is 0 Å². The maximum atomic E-state index is 5.63. The molecule has 1 unspecified atom stereocenters. The zero-order valence-corrected chi connectivity index (χ0v) is 7.96. The van der Waals surface area contributed by atoms with Gasteiger partial charge in [-0.15, -0.1) is 6.42 Å². The molecule has 13 heavy (non-hydrogen) atoms. The van der Waals surface area contributed by atoms with Crippen molar-refractivity contribution in [3.05, 3.63) is 35.4 Å². The number of hydrogen-bond donors (Lipinski definition) is 1. The average Bonchev–Trinajstić information content (AvgIpc) is 2.16. The van der Waals surface area contributed by atoms with Crippen molar-refractivity contribution >= 4 is 0 Å². The smallest absolute Gasteiger partial charge is 0.0665 e. The van der Waals surface area contributed by atoms with E-state index in [-0.39, 0.29) is 6.04 Å². The molecule has 2 N–H and O–H groups in total. The van der Waals surface area contributed by atoms with Crippen LogP contribution in [0.15, 0.2) is 24.3 Å². The molecule has 1 heteroatoms. The minimum Gasteiger partial charge on any atom is -0.318 e. The molecule has 0 aromatic heterocycles. The van der Waals surface area contributed by atoms with Gasteiger partial charge < -0.3 is 5.73 Å². The van der Waals surface area contributed by atoms with Gasteiger partial charge in [0, 0.05) is 0 Å². The van der Waals surface area contributed by atoms with E-state index in [0.717, 1.165) is 12.8 Å². The summed E-state index contributed by atoms with van der Waals surface area (Å²) in [6.07, 6.45) is 7.03. The monoisotopic (exact) mass is 173 g/mol. The van der Waals surface area contributed by atoms with Gasteiger partial charge >= 0.3 is 0 Å². The lowest BCUT2D eigenvalue weighted by Gasteiger charge is -2.06. The second-order valence-electron chi connectivity index (χ2n) is 3.24. The first-order chi connectivity index (χ1) is 6.24. The molecule has 0 aliphatic rings. The molecule has 0 aliphatic heterocycles. The fraction of sp³-hybridized carbons (Fsp3) is 0.333. The van der Waals surface area contributed by atoms with Crippen molar-refractivity contribution in [1.82, 2.24) is 0 Å². The van der Waals surface area contributed by atoms with Gasteiger partial charge in [0.1, 0.15) is 0 Å². The van der Waals surface area contributed by atoms with Gasteiger partial charge in [0.15, 0.2) is 0 Å². The number of benzene rings is 1. The maximum Gasteiger partial charge on any atom is 0.0665 e. The average molecular weight is 173 g/mol. The summed E-state index contributed by atoms with van der Waals surface area (Å²) in [5.41, 5.74) is 8.29. The van der Waals surface area contributed by atoms with Crippen molar-refractivity contribution in [2.24, 2.45) is 5.73 Å². The van der Waals surface area contributed by atoms with Crippen LogP contribution in [0.25, 0.3) is 0 Å². The minimum absolute atomic E-state index is 0.111. The Hall–Kier alpha value is -1.26. The second-order valence-corrected chi connectivity index (χ2v) is 3.24. The van der Waals surface area contributed by atoms with Crippen molar-refractivity contribution in [1.29, 1.82) is 0 Å². The summed E-state index contributed by atoms with van der Waals surface area (Å²) in [6.45, 7) is 2.11. The van der Waals surface area contributed by atoms with E-state index in [9.17, 15) is 0 Å². The van der Waals surface area contributed by atoms with Crippen molar-refractivity contribution in [2.75, 3.05) is 0 Å². The van der Waals surface area contributed by atoms with Gasteiger partial charge in [-0.3, -0.25) is 0 Å². The first-order valence-corrected chi connectivity index (χ1v) is 4.50. The molecule has 0 saturated heterocycles. The Balaban J connectivity index is 2.56. The molecular weight excluding hydrogens is 158 g/mol. The van der Waals surface area contributed by atoms with Gasteiger partial charge in [0.05, 0.1) is 6.04 Å². The standard InChI is InChI=1S/C12H15N/c1-3-12(13)9-8-11-7-5-4-6-10(11)2/h1,4-7,12H,8-9,13H2,2H3. The lowest BCUT2D eigenvalue weighted by atomic mass is 10.0. The largest absolute Gasteiger partial charge is 0.318 e. The van der Waals surface area contributed by atoms with Crippen LogP contribution >= 0.6 is 0 Å². The highest BCUT2D eigenvalue weighted by Crippen LogP contribution is 2.09. The molecule has 68 valence electrons. The molecule has 1 aromatic rings. The molecule has 0 amide bonds. The Bertz CT molecular complexity index is 309. The molecular formula is C12H15N. The van der Waals surface area contributed by atoms with Crippen LogP contribution < -0.4 is 5.73 Å². The van der Waals surface area contributed by atoms with Crippen LogP contribution in [0.3, 0.4) is 0 Å². The number of rotatable bonds is 3. The molecule has 0 saturated carbocycles. The predicted octanol–water partition coefficient (Wildman–Crippen LogP) is 1.89. The van der Waals surface area contributed by atoms with Crippen LogP contribution in [0.2, 0.25) is 0 Å². The summed E-state index contributed by atoms with van der Waals surface area (Å²) in [5, 5.41) is 0. The first kappa shape index (κ1) is 9.83. The van der Waals surface area contributed by atoms with E-state index >= 15 is 0 Å². The number of aryl methyl sites for hydroxylation is 2. The second kappa shape index (κ2) is 4.69. The van der Waals surface area contributed by atoms with Crippen molar-refractivity contribution < 1.29 is 0 Å². The summed E-state index contributed by atoms with van der Waals surface area (Å²) in [7, 11) is 0. The van der Waals surface area contributed by atoms with E-state index in [4.69, 9.17) is 12.2 Å². The molecule has 0 radical (unpaired) electrons. The maximum absolute atomic E-state index is 5.63. The predicted molar refractivity (Wildman–Crippen MR) is 56.3 cm³/mol. The van der Waals surface area contributed by atoms with Gasteiger partial charge in [-0.2, -0.15) is 0 Å². The summed E-state index contributed by atoms with van der Waals surface area (Å²) < 4.78 is 0. The van der Waals surface area contributed by atoms with E-state index in [1.165, 1.54) is 11.1 Å². The lowest BCUT2D eigenvalue weighted by molar-refractivity contribution is 0.736. The van der Waals surface area contributed by atoms with Gasteiger partial charge in [0.2, 0.25) is 0 Å². The third kappa shape index (κ3) is 2.93. The van der Waals surface area contributed by atoms with E-state index in [1.54, 1.807) is 0 Å². The molecule has 1 rings (SSSR count). The Morgan fingerprint density at radius 2 is 2.15 bits per heavy atom. The van der Waals surface area contributed by atoms with Crippen molar-refractivity contribution in [3.63, 3.8) is 0 Å². The van der Waals surface area contributed by atoms with Gasteiger partial charge in [-0.05, 0) is 30.9 Å². The highest BCUT2D eigenvalue weighted by molar-refractivity contribution is 5.25. The van der Waals surface area contributed by atoms with E-state index in [2.05, 4.69) is 25.0 Å². The van der Waals surface area contributed by atoms with Crippen molar-refractivity contribution in [2.45, 2.75) is 25.8 Å². The summed E-state index contributed by atoms with van der Waals surface area (Å²) >= 11 is 0. The Labute approximate surface area is 80.0 Å². The number of hydrogen-bond acceptors (Lipinski definition) is 1. The zero-order valence-electron chi connectivity index (χ0n) is 7.96. The molecule has 1 atom stereocenters. The Kier molecular flexibility index (Phi) is 3.54. The topological polar surface area (TPSA) is 26.0 Å². The van der Waals surface area contributed by atoms with Crippen LogP contribution in [0.5, 0.6) is 0 Å². The highest BCUT2D eigenvalue weighted by Gasteiger charge is 2.00. The fourth-order valence-electron chi connectivity index (χ4n) is 1.28. The summed E-state index contributed by atoms with van der Waals surface area (Å²) in [5.74, 6) is 2.53. The third-order valence-corrected chi connectivity index (χ3v) is 2.20. The van der Waals surface area contributed by atoms with Crippen LogP contribution in [0, 0.1) is 19.3 Å². The van der Waals surface area contributed by atoms with Crippen LogP contribution in [0.4, 0.5) is 0 Å². The zero-order chi connectivity index (χ0) is 9.68. The molecule has 0 bridgehead atoms. The molecule has 0 aliphatic carbocycles. The summed E-state index contributed by atoms with van der Waals surface area (Å²) in [4.78, 5) is 0. The SMILES string of the molecule is C#CC(N)CCc1ccccc1C. The van der Waals surface area contributed by atoms with Crippen LogP contribution in [-0.4, -0.2) is 6.04 Å². The van der Waals surface area contributed by atoms with Crippen LogP contribution in [0.1, 0.15) is 17.5 Å². The van der Waals surface area contributed by atoms with Crippen LogP contribution in [-0.2, 0) is 6.42 Å². The Morgan fingerprint density at radius 1 is 1.46 bits per heavy atom. The number of terminal acetylenes is 1. The van der Waals surface area contributed by atoms with Crippen molar-refractivity contribution in [3.8, 4) is 12.3 Å². The molecule has 0 spiro atoms. The molecule has 0 heterocycles. The third-order valence-electron chi connectivity index (χ3n) is 2.20. The molecule has 0 fully saturated rings. The lowest BCUT2D eigenvalue weighted by Crippen LogP contribution is -2.17. The number of nitrogens with two attached hydrogens (primary N) is 1. The molecule has 1 aromatic carbocycles. The highest BCUT2D eigenvalue weighted by atomic mass is 14.6. The minimum atomic E-state index is -0.111. The molecule has 1 nitrogen and oxygen atoms in total. The van der Waals surface area contributed by atoms with E-state index in [0.29, 0.717) is 0 Å². The Morgan fingerprint density at radius 3 is 2.77 bits per heavy atom. The van der Waals surface area contributed by atoms with Gasteiger partial charge in [-0.1, -0.05) is 30.2 Å². The first-order valence-electron chi connectivity index (χ1n) is 4.50. The normalized spacial score (nSPS) is 12.1. The van der Waals surface area contributed by atoms with E-state index in [1.807, 2.05) is 12.1 Å². The van der Waals surface area contributed by atoms with Gasteiger partial charge in [0.25, 0.3) is 0 Å².